The van der Waals surface area contributed by atoms with Crippen molar-refractivity contribution in [3.05, 3.63) is 22.4 Å². The van der Waals surface area contributed by atoms with E-state index in [-0.39, 0.29) is 18.7 Å². The molecule has 1 aromatic rings. The van der Waals surface area contributed by atoms with Crippen molar-refractivity contribution in [1.82, 2.24) is 14.9 Å². The highest BCUT2D eigenvalue weighted by atomic mass is 16.4. The maximum Gasteiger partial charge on any atom is 0.323 e. The molecule has 1 heterocycles. The van der Waals surface area contributed by atoms with Crippen molar-refractivity contribution in [1.29, 1.82) is 0 Å². The van der Waals surface area contributed by atoms with Gasteiger partial charge in [0.1, 0.15) is 5.69 Å². The summed E-state index contributed by atoms with van der Waals surface area (Å²) in [5.74, 6) is -1.37. The first kappa shape index (κ1) is 14.0. The van der Waals surface area contributed by atoms with Crippen LogP contribution in [0.3, 0.4) is 0 Å². The number of amides is 1. The first-order valence-corrected chi connectivity index (χ1v) is 5.53. The van der Waals surface area contributed by atoms with Crippen LogP contribution in [0.15, 0.2) is 11.0 Å². The van der Waals surface area contributed by atoms with Crippen LogP contribution in [-0.4, -0.2) is 43.9 Å². The number of carboxylic acids is 1. The molecule has 0 aliphatic carbocycles. The number of nitrogens with one attached hydrogen (secondary N) is 2. The van der Waals surface area contributed by atoms with E-state index < -0.39 is 23.1 Å². The molecule has 1 amide bonds. The fourth-order valence-electron chi connectivity index (χ4n) is 1.54. The van der Waals surface area contributed by atoms with Crippen molar-refractivity contribution in [3.8, 4) is 0 Å². The molecule has 7 nitrogen and oxygen atoms in total. The number of aromatic nitrogens is 2. The highest BCUT2D eigenvalue weighted by molar-refractivity contribution is 5.92. The summed E-state index contributed by atoms with van der Waals surface area (Å²) in [5.41, 5.74) is -0.869. The van der Waals surface area contributed by atoms with Crippen LogP contribution in [-0.2, 0) is 4.79 Å². The molecular weight excluding hydrogens is 238 g/mol. The quantitative estimate of drug-likeness (QED) is 0.724. The number of H-pyrrole nitrogens is 2. The summed E-state index contributed by atoms with van der Waals surface area (Å²) in [7, 11) is 0. The SMILES string of the molecule is CC(C)(C)N(CCC(=O)O)C(=O)c1c[nH]c(=O)[nH]1. The van der Waals surface area contributed by atoms with Gasteiger partial charge in [0.25, 0.3) is 5.91 Å². The van der Waals surface area contributed by atoms with Crippen LogP contribution >= 0.6 is 0 Å². The number of aromatic amines is 2. The highest BCUT2D eigenvalue weighted by Crippen LogP contribution is 2.16. The van der Waals surface area contributed by atoms with Gasteiger partial charge in [0.15, 0.2) is 0 Å². The molecule has 1 rings (SSSR count). The summed E-state index contributed by atoms with van der Waals surface area (Å²) in [6, 6.07) is 0. The van der Waals surface area contributed by atoms with Gasteiger partial charge in [-0.2, -0.15) is 0 Å². The minimum absolute atomic E-state index is 0.0882. The summed E-state index contributed by atoms with van der Waals surface area (Å²) in [5, 5.41) is 8.68. The lowest BCUT2D eigenvalue weighted by Gasteiger charge is -2.35. The average molecular weight is 255 g/mol. The number of hydrogen-bond acceptors (Lipinski definition) is 3. The molecule has 1 aromatic heterocycles. The molecule has 0 aliphatic rings. The lowest BCUT2D eigenvalue weighted by atomic mass is 10.0. The van der Waals surface area contributed by atoms with Crippen LogP contribution < -0.4 is 5.69 Å². The number of nitrogens with zero attached hydrogens (tertiary/aromatic N) is 1. The van der Waals surface area contributed by atoms with E-state index in [1.165, 1.54) is 11.1 Å². The van der Waals surface area contributed by atoms with Crippen molar-refractivity contribution in [2.45, 2.75) is 32.7 Å². The highest BCUT2D eigenvalue weighted by Gasteiger charge is 2.28. The Labute approximate surface area is 104 Å². The number of carboxylic acid groups (broad SMARTS) is 1. The van der Waals surface area contributed by atoms with Gasteiger partial charge in [-0.3, -0.25) is 9.59 Å². The van der Waals surface area contributed by atoms with E-state index in [1.54, 1.807) is 20.8 Å². The lowest BCUT2D eigenvalue weighted by Crippen LogP contribution is -2.46. The number of hydrogen-bond donors (Lipinski definition) is 3. The summed E-state index contributed by atoms with van der Waals surface area (Å²) < 4.78 is 0. The zero-order chi connectivity index (χ0) is 13.9. The topological polar surface area (TPSA) is 106 Å². The van der Waals surface area contributed by atoms with Gasteiger partial charge in [-0.1, -0.05) is 0 Å². The monoisotopic (exact) mass is 255 g/mol. The molecule has 0 saturated heterocycles. The number of rotatable bonds is 4. The number of carbonyl (C=O) groups excluding carboxylic acids is 1. The molecule has 0 bridgehead atoms. The van der Waals surface area contributed by atoms with Gasteiger partial charge in [-0.05, 0) is 20.8 Å². The third kappa shape index (κ3) is 3.47. The van der Waals surface area contributed by atoms with E-state index in [9.17, 15) is 14.4 Å². The molecular formula is C11H17N3O4. The smallest absolute Gasteiger partial charge is 0.323 e. The van der Waals surface area contributed by atoms with Gasteiger partial charge >= 0.3 is 11.7 Å². The van der Waals surface area contributed by atoms with Crippen molar-refractivity contribution < 1.29 is 14.7 Å². The van der Waals surface area contributed by atoms with Crippen molar-refractivity contribution in [3.63, 3.8) is 0 Å². The van der Waals surface area contributed by atoms with Crippen molar-refractivity contribution in [2.75, 3.05) is 6.54 Å². The molecule has 100 valence electrons. The maximum atomic E-state index is 12.2. The van der Waals surface area contributed by atoms with E-state index in [0.717, 1.165) is 0 Å². The summed E-state index contributed by atoms with van der Waals surface area (Å²) in [4.78, 5) is 39.8. The Morgan fingerprint density at radius 2 is 2.00 bits per heavy atom. The van der Waals surface area contributed by atoms with E-state index in [2.05, 4.69) is 9.97 Å². The molecule has 0 aromatic carbocycles. The van der Waals surface area contributed by atoms with Gasteiger partial charge in [0, 0.05) is 18.3 Å². The second kappa shape index (κ2) is 5.07. The Balaban J connectivity index is 2.93. The van der Waals surface area contributed by atoms with E-state index in [0.29, 0.717) is 0 Å². The third-order valence-corrected chi connectivity index (χ3v) is 2.43. The Morgan fingerprint density at radius 3 is 2.39 bits per heavy atom. The van der Waals surface area contributed by atoms with Gasteiger partial charge in [0.2, 0.25) is 0 Å². The summed E-state index contributed by atoms with van der Waals surface area (Å²) in [6.07, 6.45) is 1.14. The number of imidazole rings is 1. The van der Waals surface area contributed by atoms with Gasteiger partial charge < -0.3 is 20.0 Å². The predicted molar refractivity (Wildman–Crippen MR) is 64.5 cm³/mol. The van der Waals surface area contributed by atoms with Crippen molar-refractivity contribution >= 4 is 11.9 Å². The van der Waals surface area contributed by atoms with Gasteiger partial charge in [-0.25, -0.2) is 4.79 Å². The van der Waals surface area contributed by atoms with E-state index in [1.807, 2.05) is 0 Å². The summed E-state index contributed by atoms with van der Waals surface area (Å²) >= 11 is 0. The van der Waals surface area contributed by atoms with Crippen LogP contribution in [0.4, 0.5) is 0 Å². The Morgan fingerprint density at radius 1 is 1.39 bits per heavy atom. The predicted octanol–water partition coefficient (Wildman–Crippen LogP) is 0.418. The molecule has 0 spiro atoms. The van der Waals surface area contributed by atoms with Crippen LogP contribution in [0, 0.1) is 0 Å². The molecule has 7 heteroatoms. The normalized spacial score (nSPS) is 11.3. The van der Waals surface area contributed by atoms with Crippen molar-refractivity contribution in [2.24, 2.45) is 0 Å². The molecule has 0 atom stereocenters. The summed E-state index contributed by atoms with van der Waals surface area (Å²) in [6.45, 7) is 5.50. The Hall–Kier alpha value is -2.05. The first-order valence-electron chi connectivity index (χ1n) is 5.53. The average Bonchev–Trinajstić information content (AvgIpc) is 2.62. The first-order chi connectivity index (χ1) is 8.21. The lowest BCUT2D eigenvalue weighted by molar-refractivity contribution is -0.137. The fraction of sp³-hybridized carbons (Fsp3) is 0.545. The Kier molecular flexibility index (Phi) is 3.95. The standard InChI is InChI=1S/C11H17N3O4/c1-11(2,3)14(5-4-8(15)16)9(17)7-6-12-10(18)13-7/h6H,4-5H2,1-3H3,(H,15,16)(H2,12,13,18). The van der Waals surface area contributed by atoms with E-state index >= 15 is 0 Å². The van der Waals surface area contributed by atoms with Gasteiger partial charge in [0.05, 0.1) is 6.42 Å². The molecule has 0 fully saturated rings. The molecule has 18 heavy (non-hydrogen) atoms. The maximum absolute atomic E-state index is 12.2. The number of aliphatic carboxylic acids is 1. The second-order valence-corrected chi connectivity index (χ2v) is 4.93. The molecule has 3 N–H and O–H groups in total. The fourth-order valence-corrected chi connectivity index (χ4v) is 1.54. The van der Waals surface area contributed by atoms with Crippen LogP contribution in [0.25, 0.3) is 0 Å². The van der Waals surface area contributed by atoms with Gasteiger partial charge in [-0.15, -0.1) is 0 Å². The van der Waals surface area contributed by atoms with Crippen LogP contribution in [0.2, 0.25) is 0 Å². The number of carbonyl (C=O) groups is 2. The minimum Gasteiger partial charge on any atom is -0.481 e. The van der Waals surface area contributed by atoms with E-state index in [4.69, 9.17) is 5.11 Å². The van der Waals surface area contributed by atoms with Crippen LogP contribution in [0.1, 0.15) is 37.7 Å². The largest absolute Gasteiger partial charge is 0.481 e. The second-order valence-electron chi connectivity index (χ2n) is 4.93. The molecule has 0 aliphatic heterocycles. The molecule has 0 radical (unpaired) electrons. The Bertz CT molecular complexity index is 495. The van der Waals surface area contributed by atoms with Crippen LogP contribution in [0.5, 0.6) is 0 Å². The minimum atomic E-state index is -0.973. The zero-order valence-corrected chi connectivity index (χ0v) is 10.6. The molecule has 0 saturated carbocycles. The molecule has 0 unspecified atom stereocenters. The third-order valence-electron chi connectivity index (χ3n) is 2.43. The zero-order valence-electron chi connectivity index (χ0n) is 10.6.